The second kappa shape index (κ2) is 6.66. The quantitative estimate of drug-likeness (QED) is 0.588. The summed E-state index contributed by atoms with van der Waals surface area (Å²) in [5.41, 5.74) is 0. The minimum atomic E-state index is -0.302. The van der Waals surface area contributed by atoms with Crippen LogP contribution in [0.4, 0.5) is 0 Å². The molecule has 100 valence electrons. The highest BCUT2D eigenvalue weighted by Crippen LogP contribution is 2.25. The number of aliphatic hydroxyl groups is 1. The number of likely N-dealkylation sites (tertiary alicyclic amines) is 1. The van der Waals surface area contributed by atoms with Crippen molar-refractivity contribution in [1.29, 1.82) is 0 Å². The van der Waals surface area contributed by atoms with Gasteiger partial charge in [-0.15, -0.1) is 0 Å². The van der Waals surface area contributed by atoms with E-state index in [0.717, 1.165) is 26.2 Å². The minimum Gasteiger partial charge on any atom is -0.390 e. The molecule has 0 aromatic rings. The van der Waals surface area contributed by atoms with Crippen molar-refractivity contribution >= 4 is 0 Å². The van der Waals surface area contributed by atoms with Crippen molar-refractivity contribution in [2.24, 2.45) is 0 Å². The van der Waals surface area contributed by atoms with Crippen molar-refractivity contribution in [2.45, 2.75) is 31.2 Å². The summed E-state index contributed by atoms with van der Waals surface area (Å²) in [6.45, 7) is 4.82. The first-order valence-corrected chi connectivity index (χ1v) is 6.53. The van der Waals surface area contributed by atoms with Crippen molar-refractivity contribution in [3.8, 4) is 0 Å². The highest BCUT2D eigenvalue weighted by atomic mass is 16.5. The second-order valence-electron chi connectivity index (χ2n) is 5.03. The molecule has 3 atom stereocenters. The lowest BCUT2D eigenvalue weighted by Crippen LogP contribution is -2.47. The molecule has 5 heteroatoms. The van der Waals surface area contributed by atoms with Gasteiger partial charge in [-0.25, -0.2) is 0 Å². The van der Waals surface area contributed by atoms with Crippen molar-refractivity contribution in [1.82, 2.24) is 10.2 Å². The van der Waals surface area contributed by atoms with E-state index in [9.17, 15) is 5.11 Å². The lowest BCUT2D eigenvalue weighted by atomic mass is 10.2. The predicted octanol–water partition coefficient (Wildman–Crippen LogP) is -0.553. The first-order chi connectivity index (χ1) is 8.28. The number of methoxy groups -OCH3 is 1. The molecule has 2 rings (SSSR count). The van der Waals surface area contributed by atoms with Crippen molar-refractivity contribution in [3.05, 3.63) is 0 Å². The molecule has 2 aliphatic rings. The fourth-order valence-electron chi connectivity index (χ4n) is 2.65. The zero-order chi connectivity index (χ0) is 12.1. The molecule has 0 amide bonds. The van der Waals surface area contributed by atoms with E-state index in [1.165, 1.54) is 12.8 Å². The van der Waals surface area contributed by atoms with Gasteiger partial charge < -0.3 is 19.9 Å². The van der Waals surface area contributed by atoms with Gasteiger partial charge >= 0.3 is 0 Å². The van der Waals surface area contributed by atoms with Crippen molar-refractivity contribution in [3.63, 3.8) is 0 Å². The van der Waals surface area contributed by atoms with E-state index in [4.69, 9.17) is 9.47 Å². The second-order valence-corrected chi connectivity index (χ2v) is 5.03. The predicted molar refractivity (Wildman–Crippen MR) is 65.1 cm³/mol. The van der Waals surface area contributed by atoms with Crippen LogP contribution < -0.4 is 5.32 Å². The fourth-order valence-corrected chi connectivity index (χ4v) is 2.65. The molecule has 0 aromatic carbocycles. The Bertz CT molecular complexity index is 216. The first kappa shape index (κ1) is 13.2. The monoisotopic (exact) mass is 244 g/mol. The molecule has 17 heavy (non-hydrogen) atoms. The summed E-state index contributed by atoms with van der Waals surface area (Å²) in [6.07, 6.45) is 2.88. The van der Waals surface area contributed by atoms with Crippen LogP contribution in [0.5, 0.6) is 0 Å². The number of rotatable bonds is 7. The third-order valence-electron chi connectivity index (χ3n) is 3.45. The van der Waals surface area contributed by atoms with Crippen LogP contribution in [0.15, 0.2) is 0 Å². The Morgan fingerprint density at radius 2 is 2.12 bits per heavy atom. The third kappa shape index (κ3) is 4.19. The Morgan fingerprint density at radius 3 is 2.76 bits per heavy atom. The zero-order valence-corrected chi connectivity index (χ0v) is 10.6. The van der Waals surface area contributed by atoms with Gasteiger partial charge in [-0.1, -0.05) is 0 Å². The summed E-state index contributed by atoms with van der Waals surface area (Å²) in [6, 6.07) is 0. The Balaban J connectivity index is 1.60. The van der Waals surface area contributed by atoms with Crippen LogP contribution in [0.3, 0.4) is 0 Å². The van der Waals surface area contributed by atoms with Crippen LogP contribution in [0.2, 0.25) is 0 Å². The number of ether oxygens (including phenoxy) is 2. The van der Waals surface area contributed by atoms with Gasteiger partial charge in [0.2, 0.25) is 0 Å². The van der Waals surface area contributed by atoms with Gasteiger partial charge in [0, 0.05) is 39.8 Å². The fraction of sp³-hybridized carbons (Fsp3) is 1.00. The van der Waals surface area contributed by atoms with Gasteiger partial charge in [-0.3, -0.25) is 4.90 Å². The molecule has 0 aromatic heterocycles. The number of morpholine rings is 1. The third-order valence-corrected chi connectivity index (χ3v) is 3.45. The summed E-state index contributed by atoms with van der Waals surface area (Å²) < 4.78 is 10.7. The molecular formula is C12H24N2O3. The highest BCUT2D eigenvalue weighted by Gasteiger charge is 2.33. The standard InChI is InChI=1S/C12H24N2O3/c1-16-5-4-13-6-10(15)7-14-8-11-2-3-12(9-14)17-11/h10-13,15H,2-9H2,1H3. The molecule has 2 aliphatic heterocycles. The maximum absolute atomic E-state index is 9.91. The van der Waals surface area contributed by atoms with E-state index in [2.05, 4.69) is 10.2 Å². The molecule has 2 saturated heterocycles. The summed E-state index contributed by atoms with van der Waals surface area (Å²) >= 11 is 0. The summed E-state index contributed by atoms with van der Waals surface area (Å²) in [4.78, 5) is 2.33. The van der Waals surface area contributed by atoms with Crippen molar-refractivity contribution in [2.75, 3.05) is 46.4 Å². The summed E-state index contributed by atoms with van der Waals surface area (Å²) in [5, 5.41) is 13.1. The number of nitrogens with zero attached hydrogens (tertiary/aromatic N) is 1. The van der Waals surface area contributed by atoms with Crippen LogP contribution >= 0.6 is 0 Å². The van der Waals surface area contributed by atoms with Gasteiger partial charge in [0.25, 0.3) is 0 Å². The minimum absolute atomic E-state index is 0.302. The topological polar surface area (TPSA) is 54.0 Å². The normalized spacial score (nSPS) is 30.7. The van der Waals surface area contributed by atoms with E-state index >= 15 is 0 Å². The summed E-state index contributed by atoms with van der Waals surface area (Å²) in [7, 11) is 1.68. The van der Waals surface area contributed by atoms with Gasteiger partial charge in [-0.05, 0) is 12.8 Å². The number of β-amino-alcohol motifs (C(OH)–C–C–N with tert-alkyl or cyclic N) is 1. The van der Waals surface area contributed by atoms with E-state index in [0.29, 0.717) is 25.4 Å². The zero-order valence-electron chi connectivity index (χ0n) is 10.6. The number of fused-ring (bicyclic) bond motifs is 2. The van der Waals surface area contributed by atoms with E-state index in [-0.39, 0.29) is 6.10 Å². The average molecular weight is 244 g/mol. The smallest absolute Gasteiger partial charge is 0.0791 e. The number of hydrogen-bond donors (Lipinski definition) is 2. The van der Waals surface area contributed by atoms with Crippen LogP contribution in [-0.4, -0.2) is 74.8 Å². The lowest BCUT2D eigenvalue weighted by molar-refractivity contribution is -0.0492. The molecular weight excluding hydrogens is 220 g/mol. The molecule has 2 heterocycles. The van der Waals surface area contributed by atoms with Gasteiger partial charge in [0.1, 0.15) is 0 Å². The van der Waals surface area contributed by atoms with Crippen LogP contribution in [0.1, 0.15) is 12.8 Å². The van der Waals surface area contributed by atoms with E-state index < -0.39 is 0 Å². The molecule has 2 fully saturated rings. The largest absolute Gasteiger partial charge is 0.390 e. The average Bonchev–Trinajstić information content (AvgIpc) is 2.64. The molecule has 0 aliphatic carbocycles. The van der Waals surface area contributed by atoms with Crippen LogP contribution in [0.25, 0.3) is 0 Å². The van der Waals surface area contributed by atoms with E-state index in [1.807, 2.05) is 0 Å². The SMILES string of the molecule is COCCNCC(O)CN1CC2CCC(C1)O2. The highest BCUT2D eigenvalue weighted by molar-refractivity contribution is 4.85. The van der Waals surface area contributed by atoms with Gasteiger partial charge in [0.15, 0.2) is 0 Å². The molecule has 0 saturated carbocycles. The maximum Gasteiger partial charge on any atom is 0.0791 e. The lowest BCUT2D eigenvalue weighted by Gasteiger charge is -2.33. The maximum atomic E-state index is 9.91. The Morgan fingerprint density at radius 1 is 1.41 bits per heavy atom. The van der Waals surface area contributed by atoms with Gasteiger partial charge in [-0.2, -0.15) is 0 Å². The van der Waals surface area contributed by atoms with E-state index in [1.54, 1.807) is 7.11 Å². The van der Waals surface area contributed by atoms with Crippen molar-refractivity contribution < 1.29 is 14.6 Å². The number of hydrogen-bond acceptors (Lipinski definition) is 5. The first-order valence-electron chi connectivity index (χ1n) is 6.53. The molecule has 2 N–H and O–H groups in total. The molecule has 0 spiro atoms. The molecule has 5 nitrogen and oxygen atoms in total. The number of nitrogens with one attached hydrogen (secondary N) is 1. The van der Waals surface area contributed by atoms with Crippen LogP contribution in [-0.2, 0) is 9.47 Å². The Labute approximate surface area is 103 Å². The molecule has 0 radical (unpaired) electrons. The summed E-state index contributed by atoms with van der Waals surface area (Å²) in [5.74, 6) is 0. The Hall–Kier alpha value is -0.200. The Kier molecular flexibility index (Phi) is 5.18. The molecule has 3 unspecified atom stereocenters. The van der Waals surface area contributed by atoms with Gasteiger partial charge in [0.05, 0.1) is 24.9 Å². The van der Waals surface area contributed by atoms with Crippen LogP contribution in [0, 0.1) is 0 Å². The number of aliphatic hydroxyl groups excluding tert-OH is 1. The molecule has 2 bridgehead atoms.